The molecule has 0 saturated carbocycles. The van der Waals surface area contributed by atoms with Crippen molar-refractivity contribution >= 4 is 71.2 Å². The van der Waals surface area contributed by atoms with Crippen LogP contribution in [0.5, 0.6) is 11.5 Å². The average molecular weight is 727 g/mol. The smallest absolute Gasteiger partial charge is 0.152 e. The minimum absolute atomic E-state index is 0.877. The second kappa shape index (κ2) is 12.5. The number of nitrogens with zero attached hydrogens (tertiary/aromatic N) is 2. The summed E-state index contributed by atoms with van der Waals surface area (Å²) in [7, 11) is 0. The molecule has 2 heterocycles. The maximum Gasteiger partial charge on any atom is 0.152 e. The Labute approximate surface area is 329 Å². The van der Waals surface area contributed by atoms with E-state index in [2.05, 4.69) is 204 Å². The van der Waals surface area contributed by atoms with E-state index in [1.165, 1.54) is 70.9 Å². The summed E-state index contributed by atoms with van der Waals surface area (Å²) >= 11 is 0. The molecule has 0 N–H and O–H groups in total. The highest BCUT2D eigenvalue weighted by Gasteiger charge is 2.23. The topological polar surface area (TPSA) is 17.4 Å². The first kappa shape index (κ1) is 31.7. The Morgan fingerprint density at radius 1 is 0.351 bits per heavy atom. The van der Waals surface area contributed by atoms with Gasteiger partial charge in [-0.05, 0) is 121 Å². The third kappa shape index (κ3) is 4.99. The van der Waals surface area contributed by atoms with E-state index in [1.807, 2.05) is 12.1 Å². The van der Waals surface area contributed by atoms with Crippen LogP contribution < -0.4 is 9.64 Å². The molecule has 0 spiro atoms. The van der Waals surface area contributed by atoms with Gasteiger partial charge in [0.25, 0.3) is 0 Å². The van der Waals surface area contributed by atoms with Crippen LogP contribution >= 0.6 is 0 Å². The first-order valence-corrected chi connectivity index (χ1v) is 19.5. The molecular weight excluding hydrogens is 693 g/mol. The Morgan fingerprint density at radius 2 is 0.947 bits per heavy atom. The SMILES string of the molecule is c1ccc2c(c1)Oc1cccc3c4cc(-c5ccc(N(c6ccc(-c7cccc8ccccc78)cc6)c6ccc7c(ccc8ccccc87)c6)cc5)ccc4n-2c13. The van der Waals surface area contributed by atoms with Crippen LogP contribution in [0.25, 0.3) is 82.1 Å². The Balaban J connectivity index is 0.967. The number of hydrogen-bond donors (Lipinski definition) is 0. The second-order valence-electron chi connectivity index (χ2n) is 14.9. The standard InChI is InChI=1S/C54H34N2O/c1-3-12-44-36(9-1)11-7-14-46(44)38-23-28-42(29-24-38)55(43-30-31-47-40(33-43)20-19-37-10-2-4-13-45(37)47)41-26-21-35(22-27-41)39-25-32-50-49(34-39)48-15-8-18-53-54(48)56(50)51-16-5-6-17-52(51)57-53/h1-34H. The Kier molecular flexibility index (Phi) is 6.93. The molecule has 12 rings (SSSR count). The van der Waals surface area contributed by atoms with Gasteiger partial charge in [-0.3, -0.25) is 0 Å². The number of para-hydroxylation sites is 3. The fraction of sp³-hybridized carbons (Fsp3) is 0. The Hall–Kier alpha value is -7.62. The lowest BCUT2D eigenvalue weighted by Crippen LogP contribution is -2.09. The third-order valence-corrected chi connectivity index (χ3v) is 11.7. The van der Waals surface area contributed by atoms with Gasteiger partial charge in [-0.2, -0.15) is 0 Å². The fourth-order valence-electron chi connectivity index (χ4n) is 9.05. The molecule has 57 heavy (non-hydrogen) atoms. The van der Waals surface area contributed by atoms with Crippen molar-refractivity contribution in [1.29, 1.82) is 0 Å². The maximum atomic E-state index is 6.37. The summed E-state index contributed by atoms with van der Waals surface area (Å²) in [4.78, 5) is 2.37. The fourth-order valence-corrected chi connectivity index (χ4v) is 9.05. The van der Waals surface area contributed by atoms with Crippen molar-refractivity contribution in [2.75, 3.05) is 4.90 Å². The molecule has 0 radical (unpaired) electrons. The zero-order chi connectivity index (χ0) is 37.5. The van der Waals surface area contributed by atoms with Crippen LogP contribution in [0.2, 0.25) is 0 Å². The van der Waals surface area contributed by atoms with Gasteiger partial charge in [-0.25, -0.2) is 0 Å². The van der Waals surface area contributed by atoms with Crippen molar-refractivity contribution in [2.45, 2.75) is 0 Å². The molecule has 3 nitrogen and oxygen atoms in total. The number of rotatable bonds is 5. The summed E-state index contributed by atoms with van der Waals surface area (Å²) in [5.41, 5.74) is 11.5. The molecule has 0 bridgehead atoms. The summed E-state index contributed by atoms with van der Waals surface area (Å²) in [5.74, 6) is 1.77. The zero-order valence-corrected chi connectivity index (χ0v) is 30.9. The van der Waals surface area contributed by atoms with E-state index < -0.39 is 0 Å². The van der Waals surface area contributed by atoms with Gasteiger partial charge in [-0.15, -0.1) is 0 Å². The van der Waals surface area contributed by atoms with Crippen molar-refractivity contribution in [3.8, 4) is 39.4 Å². The normalized spacial score (nSPS) is 12.0. The van der Waals surface area contributed by atoms with Gasteiger partial charge >= 0.3 is 0 Å². The van der Waals surface area contributed by atoms with Crippen molar-refractivity contribution in [3.05, 3.63) is 206 Å². The quantitative estimate of drug-likeness (QED) is 0.164. The molecule has 1 aromatic heterocycles. The molecule has 0 aliphatic carbocycles. The van der Waals surface area contributed by atoms with Crippen LogP contribution in [-0.4, -0.2) is 4.57 Å². The van der Waals surface area contributed by atoms with E-state index >= 15 is 0 Å². The van der Waals surface area contributed by atoms with Crippen LogP contribution in [0.4, 0.5) is 17.1 Å². The van der Waals surface area contributed by atoms with Crippen LogP contribution in [0.3, 0.4) is 0 Å². The molecule has 0 fully saturated rings. The van der Waals surface area contributed by atoms with Crippen LogP contribution in [-0.2, 0) is 0 Å². The van der Waals surface area contributed by atoms with E-state index in [0.29, 0.717) is 0 Å². The largest absolute Gasteiger partial charge is 0.453 e. The van der Waals surface area contributed by atoms with Crippen molar-refractivity contribution < 1.29 is 4.74 Å². The van der Waals surface area contributed by atoms with E-state index in [4.69, 9.17) is 4.74 Å². The molecule has 1 aliphatic heterocycles. The van der Waals surface area contributed by atoms with E-state index in [0.717, 1.165) is 39.8 Å². The Bertz CT molecular complexity index is 3370. The third-order valence-electron chi connectivity index (χ3n) is 11.7. The first-order valence-electron chi connectivity index (χ1n) is 19.5. The van der Waals surface area contributed by atoms with Crippen molar-refractivity contribution in [3.63, 3.8) is 0 Å². The highest BCUT2D eigenvalue weighted by molar-refractivity contribution is 6.13. The van der Waals surface area contributed by atoms with E-state index in [1.54, 1.807) is 0 Å². The minimum atomic E-state index is 0.877. The van der Waals surface area contributed by atoms with Crippen molar-refractivity contribution in [2.24, 2.45) is 0 Å². The summed E-state index contributed by atoms with van der Waals surface area (Å²) in [6.07, 6.45) is 0. The predicted octanol–water partition coefficient (Wildman–Crippen LogP) is 15.2. The molecular formula is C54H34N2O. The van der Waals surface area contributed by atoms with Gasteiger partial charge in [0.2, 0.25) is 0 Å². The lowest BCUT2D eigenvalue weighted by atomic mass is 9.97. The number of hydrogen-bond acceptors (Lipinski definition) is 2. The predicted molar refractivity (Wildman–Crippen MR) is 239 cm³/mol. The highest BCUT2D eigenvalue weighted by Crippen LogP contribution is 2.46. The molecule has 1 aliphatic rings. The van der Waals surface area contributed by atoms with Crippen molar-refractivity contribution in [1.82, 2.24) is 4.57 Å². The van der Waals surface area contributed by atoms with Gasteiger partial charge in [0, 0.05) is 27.8 Å². The van der Waals surface area contributed by atoms with Gasteiger partial charge in [0.05, 0.1) is 16.7 Å². The average Bonchev–Trinajstić information content (AvgIpc) is 3.62. The van der Waals surface area contributed by atoms with Crippen LogP contribution in [0.1, 0.15) is 0 Å². The number of anilines is 3. The molecule has 0 atom stereocenters. The van der Waals surface area contributed by atoms with Crippen LogP contribution in [0, 0.1) is 0 Å². The zero-order valence-electron chi connectivity index (χ0n) is 30.9. The van der Waals surface area contributed by atoms with Gasteiger partial charge in [-0.1, -0.05) is 140 Å². The summed E-state index contributed by atoms with van der Waals surface area (Å²) < 4.78 is 8.71. The van der Waals surface area contributed by atoms with Gasteiger partial charge in [0.1, 0.15) is 0 Å². The molecule has 11 aromatic rings. The molecule has 10 aromatic carbocycles. The lowest BCUT2D eigenvalue weighted by Gasteiger charge is -2.26. The molecule has 3 heteroatoms. The van der Waals surface area contributed by atoms with Gasteiger partial charge < -0.3 is 14.2 Å². The monoisotopic (exact) mass is 726 g/mol. The lowest BCUT2D eigenvalue weighted by molar-refractivity contribution is 0.476. The minimum Gasteiger partial charge on any atom is -0.453 e. The molecule has 0 unspecified atom stereocenters. The number of fused-ring (bicyclic) bond motifs is 9. The first-order chi connectivity index (χ1) is 28.2. The van der Waals surface area contributed by atoms with E-state index in [-0.39, 0.29) is 0 Å². The number of ether oxygens (including phenoxy) is 1. The summed E-state index contributed by atoms with van der Waals surface area (Å²) in [5, 5.41) is 9.91. The van der Waals surface area contributed by atoms with E-state index in [9.17, 15) is 0 Å². The van der Waals surface area contributed by atoms with Crippen LogP contribution in [0.15, 0.2) is 206 Å². The molecule has 0 amide bonds. The maximum absolute atomic E-state index is 6.37. The second-order valence-corrected chi connectivity index (χ2v) is 14.9. The number of aromatic nitrogens is 1. The highest BCUT2D eigenvalue weighted by atomic mass is 16.5. The van der Waals surface area contributed by atoms with Gasteiger partial charge in [0.15, 0.2) is 11.5 Å². The number of benzene rings is 10. The molecule has 266 valence electrons. The summed E-state index contributed by atoms with van der Waals surface area (Å²) in [6.45, 7) is 0. The Morgan fingerprint density at radius 3 is 1.79 bits per heavy atom. The summed E-state index contributed by atoms with van der Waals surface area (Å²) in [6, 6.07) is 74.6. The molecule has 0 saturated heterocycles.